The Balaban J connectivity index is 2.24. The number of amides is 1. The first-order chi connectivity index (χ1) is 9.79. The number of rotatable bonds is 10. The summed E-state index contributed by atoms with van der Waals surface area (Å²) in [6, 6.07) is 0.441. The van der Waals surface area contributed by atoms with E-state index in [1.807, 2.05) is 0 Å². The van der Waals surface area contributed by atoms with Crippen molar-refractivity contribution < 1.29 is 4.79 Å². The normalized spacial score (nSPS) is 19.0. The van der Waals surface area contributed by atoms with Crippen molar-refractivity contribution in [2.75, 3.05) is 19.6 Å². The molecule has 1 fully saturated rings. The Morgan fingerprint density at radius 1 is 1.10 bits per heavy atom. The van der Waals surface area contributed by atoms with Gasteiger partial charge in [-0.05, 0) is 32.2 Å². The fourth-order valence-corrected chi connectivity index (χ4v) is 3.05. The second kappa shape index (κ2) is 11.1. The van der Waals surface area contributed by atoms with Crippen molar-refractivity contribution in [1.29, 1.82) is 0 Å². The van der Waals surface area contributed by atoms with Crippen LogP contribution in [0.2, 0.25) is 0 Å². The molecule has 1 aliphatic heterocycles. The maximum absolute atomic E-state index is 12.4. The number of hydrogen-bond donors (Lipinski definition) is 1. The van der Waals surface area contributed by atoms with Crippen LogP contribution in [-0.2, 0) is 4.79 Å². The Bertz CT molecular complexity index is 249. The number of unbranched alkanes of at least 4 members (excludes halogenated alkanes) is 5. The van der Waals surface area contributed by atoms with Gasteiger partial charge in [0, 0.05) is 25.6 Å². The molecule has 0 aromatic heterocycles. The molecular weight excluding hydrogens is 248 g/mol. The number of carbonyl (C=O) groups is 1. The molecule has 0 saturated carbocycles. The highest BCUT2D eigenvalue weighted by atomic mass is 16.2. The molecule has 0 aliphatic carbocycles. The van der Waals surface area contributed by atoms with Crippen molar-refractivity contribution in [2.24, 2.45) is 0 Å². The predicted octanol–water partition coefficient (Wildman–Crippen LogP) is 3.73. The summed E-state index contributed by atoms with van der Waals surface area (Å²) in [5.41, 5.74) is 0. The summed E-state index contributed by atoms with van der Waals surface area (Å²) in [5.74, 6) is 0.385. The lowest BCUT2D eigenvalue weighted by molar-refractivity contribution is -0.134. The molecule has 0 radical (unpaired) electrons. The van der Waals surface area contributed by atoms with E-state index >= 15 is 0 Å². The number of piperidine rings is 1. The average Bonchev–Trinajstić information content (AvgIpc) is 2.49. The quantitative estimate of drug-likeness (QED) is 0.619. The molecule has 1 unspecified atom stereocenters. The fraction of sp³-hybridized carbons (Fsp3) is 0.941. The van der Waals surface area contributed by atoms with Gasteiger partial charge in [-0.2, -0.15) is 0 Å². The van der Waals surface area contributed by atoms with E-state index in [4.69, 9.17) is 0 Å². The van der Waals surface area contributed by atoms with Crippen LogP contribution in [0, 0.1) is 0 Å². The number of hydrogen-bond acceptors (Lipinski definition) is 2. The molecule has 3 nitrogen and oxygen atoms in total. The van der Waals surface area contributed by atoms with Crippen molar-refractivity contribution in [3.05, 3.63) is 0 Å². The maximum Gasteiger partial charge on any atom is 0.222 e. The van der Waals surface area contributed by atoms with Gasteiger partial charge >= 0.3 is 0 Å². The van der Waals surface area contributed by atoms with E-state index in [1.54, 1.807) is 0 Å². The van der Waals surface area contributed by atoms with Gasteiger partial charge in [-0.1, -0.05) is 46.0 Å². The van der Waals surface area contributed by atoms with E-state index in [2.05, 4.69) is 24.1 Å². The third-order valence-corrected chi connectivity index (χ3v) is 4.24. The molecule has 1 rings (SSSR count). The van der Waals surface area contributed by atoms with Crippen LogP contribution in [0.25, 0.3) is 0 Å². The molecule has 1 atom stereocenters. The SMILES string of the molecule is CCCCCCCCC(=O)N(CCC)C1CCCNC1. The molecule has 118 valence electrons. The topological polar surface area (TPSA) is 32.3 Å². The van der Waals surface area contributed by atoms with Gasteiger partial charge in [0.25, 0.3) is 0 Å². The lowest BCUT2D eigenvalue weighted by atomic mass is 10.0. The van der Waals surface area contributed by atoms with E-state index in [9.17, 15) is 4.79 Å². The molecule has 1 amide bonds. The van der Waals surface area contributed by atoms with Gasteiger partial charge in [0.1, 0.15) is 0 Å². The van der Waals surface area contributed by atoms with Gasteiger partial charge in [-0.3, -0.25) is 4.79 Å². The minimum Gasteiger partial charge on any atom is -0.338 e. The zero-order valence-electron chi connectivity index (χ0n) is 13.6. The summed E-state index contributed by atoms with van der Waals surface area (Å²) >= 11 is 0. The van der Waals surface area contributed by atoms with Crippen molar-refractivity contribution in [1.82, 2.24) is 10.2 Å². The zero-order valence-corrected chi connectivity index (χ0v) is 13.6. The predicted molar refractivity (Wildman–Crippen MR) is 85.9 cm³/mol. The van der Waals surface area contributed by atoms with Crippen LogP contribution in [0.4, 0.5) is 0 Å². The van der Waals surface area contributed by atoms with Gasteiger partial charge in [-0.15, -0.1) is 0 Å². The first kappa shape index (κ1) is 17.5. The Morgan fingerprint density at radius 2 is 1.85 bits per heavy atom. The minimum absolute atomic E-state index is 0.385. The Morgan fingerprint density at radius 3 is 2.50 bits per heavy atom. The van der Waals surface area contributed by atoms with Gasteiger partial charge < -0.3 is 10.2 Å². The Hall–Kier alpha value is -0.570. The largest absolute Gasteiger partial charge is 0.338 e. The molecule has 3 heteroatoms. The number of carbonyl (C=O) groups excluding carboxylic acids is 1. The Labute approximate surface area is 125 Å². The van der Waals surface area contributed by atoms with E-state index in [0.29, 0.717) is 11.9 Å². The maximum atomic E-state index is 12.4. The van der Waals surface area contributed by atoms with Crippen molar-refractivity contribution >= 4 is 5.91 Å². The van der Waals surface area contributed by atoms with E-state index in [-0.39, 0.29) is 0 Å². The molecule has 1 saturated heterocycles. The molecule has 1 heterocycles. The van der Waals surface area contributed by atoms with Crippen LogP contribution < -0.4 is 5.32 Å². The smallest absolute Gasteiger partial charge is 0.222 e. The van der Waals surface area contributed by atoms with E-state index < -0.39 is 0 Å². The standard InChI is InChI=1S/C17H34N2O/c1-3-5-6-7-8-9-12-17(20)19(14-4-2)16-11-10-13-18-15-16/h16,18H,3-15H2,1-2H3. The highest BCUT2D eigenvalue weighted by Gasteiger charge is 2.23. The summed E-state index contributed by atoms with van der Waals surface area (Å²) < 4.78 is 0. The second-order valence-corrected chi connectivity index (χ2v) is 6.11. The van der Waals surface area contributed by atoms with Crippen molar-refractivity contribution in [3.63, 3.8) is 0 Å². The lowest BCUT2D eigenvalue weighted by Gasteiger charge is -2.34. The molecule has 1 N–H and O–H groups in total. The van der Waals surface area contributed by atoms with Crippen LogP contribution >= 0.6 is 0 Å². The molecule has 0 aromatic rings. The third-order valence-electron chi connectivity index (χ3n) is 4.24. The van der Waals surface area contributed by atoms with Gasteiger partial charge in [-0.25, -0.2) is 0 Å². The first-order valence-electron chi connectivity index (χ1n) is 8.79. The second-order valence-electron chi connectivity index (χ2n) is 6.11. The van der Waals surface area contributed by atoms with Crippen LogP contribution in [0.5, 0.6) is 0 Å². The van der Waals surface area contributed by atoms with Gasteiger partial charge in [0.2, 0.25) is 5.91 Å². The zero-order chi connectivity index (χ0) is 14.6. The molecule has 0 aromatic carbocycles. The summed E-state index contributed by atoms with van der Waals surface area (Å²) in [6.07, 6.45) is 11.7. The number of nitrogens with zero attached hydrogens (tertiary/aromatic N) is 1. The van der Waals surface area contributed by atoms with E-state index in [0.717, 1.165) is 38.9 Å². The van der Waals surface area contributed by atoms with Crippen LogP contribution in [0.3, 0.4) is 0 Å². The summed E-state index contributed by atoms with van der Waals surface area (Å²) in [7, 11) is 0. The monoisotopic (exact) mass is 282 g/mol. The highest BCUT2D eigenvalue weighted by Crippen LogP contribution is 2.14. The van der Waals surface area contributed by atoms with Crippen LogP contribution in [0.15, 0.2) is 0 Å². The van der Waals surface area contributed by atoms with Crippen LogP contribution in [-0.4, -0.2) is 36.5 Å². The third kappa shape index (κ3) is 6.74. The van der Waals surface area contributed by atoms with Gasteiger partial charge in [0.05, 0.1) is 0 Å². The van der Waals surface area contributed by atoms with Gasteiger partial charge in [0.15, 0.2) is 0 Å². The lowest BCUT2D eigenvalue weighted by Crippen LogP contribution is -2.48. The molecule has 1 aliphatic rings. The highest BCUT2D eigenvalue weighted by molar-refractivity contribution is 5.76. The molecular formula is C17H34N2O. The van der Waals surface area contributed by atoms with Crippen molar-refractivity contribution in [3.8, 4) is 0 Å². The first-order valence-corrected chi connectivity index (χ1v) is 8.79. The van der Waals surface area contributed by atoms with Crippen molar-refractivity contribution in [2.45, 2.75) is 84.1 Å². The summed E-state index contributed by atoms with van der Waals surface area (Å²) in [4.78, 5) is 14.6. The van der Waals surface area contributed by atoms with Crippen LogP contribution in [0.1, 0.15) is 78.1 Å². The van der Waals surface area contributed by atoms with E-state index in [1.165, 1.54) is 44.9 Å². The average molecular weight is 282 g/mol. The molecule has 0 spiro atoms. The Kier molecular flexibility index (Phi) is 9.73. The fourth-order valence-electron chi connectivity index (χ4n) is 3.05. The summed E-state index contributed by atoms with van der Waals surface area (Å²) in [5, 5.41) is 3.43. The molecule has 20 heavy (non-hydrogen) atoms. The number of nitrogens with one attached hydrogen (secondary N) is 1. The molecule has 0 bridgehead atoms. The summed E-state index contributed by atoms with van der Waals surface area (Å²) in [6.45, 7) is 7.44. The minimum atomic E-state index is 0.385.